The predicted octanol–water partition coefficient (Wildman–Crippen LogP) is 2.45. The maximum Gasteiger partial charge on any atom is 0.314 e. The summed E-state index contributed by atoms with van der Waals surface area (Å²) in [5, 5.41) is 10.7. The second-order valence-corrected chi connectivity index (χ2v) is 6.07. The van der Waals surface area contributed by atoms with Crippen LogP contribution in [0.5, 0.6) is 0 Å². The van der Waals surface area contributed by atoms with Crippen molar-refractivity contribution >= 4 is 22.7 Å². The van der Waals surface area contributed by atoms with Crippen molar-refractivity contribution < 1.29 is 9.59 Å². The molecule has 2 aromatic rings. The minimum Gasteiger partial charge on any atom is -0.355 e. The van der Waals surface area contributed by atoms with Crippen molar-refractivity contribution in [2.45, 2.75) is 20.3 Å². The molecule has 128 valence electrons. The van der Waals surface area contributed by atoms with E-state index < -0.39 is 0 Å². The Morgan fingerprint density at radius 3 is 2.46 bits per heavy atom. The first kappa shape index (κ1) is 17.8. The summed E-state index contributed by atoms with van der Waals surface area (Å²) in [5.41, 5.74) is 1.30. The molecular weight excluding hydrogens is 302 g/mol. The van der Waals surface area contributed by atoms with Gasteiger partial charge in [0.05, 0.1) is 0 Å². The van der Waals surface area contributed by atoms with Crippen LogP contribution in [0.3, 0.4) is 0 Å². The van der Waals surface area contributed by atoms with Gasteiger partial charge in [0.25, 0.3) is 0 Å². The lowest BCUT2D eigenvalue weighted by atomic mass is 9.96. The van der Waals surface area contributed by atoms with Crippen molar-refractivity contribution in [3.8, 4) is 0 Å². The minimum absolute atomic E-state index is 0.0964. The Hall–Kier alpha value is -2.56. The lowest BCUT2D eigenvalue weighted by Gasteiger charge is -2.15. The number of hydrogen-bond acceptors (Lipinski definition) is 2. The molecule has 0 aliphatic heterocycles. The molecule has 0 fully saturated rings. The van der Waals surface area contributed by atoms with E-state index in [9.17, 15) is 9.59 Å². The van der Waals surface area contributed by atoms with Crippen molar-refractivity contribution in [1.29, 1.82) is 0 Å². The summed E-state index contributed by atoms with van der Waals surface area (Å²) in [5.74, 6) is 0.234. The summed E-state index contributed by atoms with van der Waals surface area (Å²) in [4.78, 5) is 22.5. The van der Waals surface area contributed by atoms with E-state index in [0.717, 1.165) is 6.42 Å². The van der Waals surface area contributed by atoms with Crippen LogP contribution in [0.25, 0.3) is 10.8 Å². The van der Waals surface area contributed by atoms with Gasteiger partial charge in [0.1, 0.15) is 0 Å². The zero-order valence-electron chi connectivity index (χ0n) is 14.3. The number of fused-ring (bicyclic) bond motifs is 1. The smallest absolute Gasteiger partial charge is 0.314 e. The summed E-state index contributed by atoms with van der Waals surface area (Å²) < 4.78 is 0. The molecule has 0 aliphatic carbocycles. The third-order valence-electron chi connectivity index (χ3n) is 3.84. The average molecular weight is 327 g/mol. The second kappa shape index (κ2) is 8.91. The predicted molar refractivity (Wildman–Crippen MR) is 96.9 cm³/mol. The van der Waals surface area contributed by atoms with Gasteiger partial charge in [0.2, 0.25) is 5.91 Å². The molecule has 5 heteroatoms. The van der Waals surface area contributed by atoms with Crippen LogP contribution in [0.1, 0.15) is 19.4 Å². The number of nitrogens with one attached hydrogen (secondary N) is 3. The molecule has 1 atom stereocenters. The van der Waals surface area contributed by atoms with Gasteiger partial charge in [-0.2, -0.15) is 0 Å². The molecule has 3 N–H and O–H groups in total. The summed E-state index contributed by atoms with van der Waals surface area (Å²) >= 11 is 0. The van der Waals surface area contributed by atoms with Crippen molar-refractivity contribution in [2.75, 3.05) is 19.6 Å². The van der Waals surface area contributed by atoms with Crippen LogP contribution in [0.15, 0.2) is 42.5 Å². The van der Waals surface area contributed by atoms with E-state index in [2.05, 4.69) is 59.3 Å². The molecule has 2 aromatic carbocycles. The fraction of sp³-hybridized carbons (Fsp3) is 0.368. The van der Waals surface area contributed by atoms with Crippen LogP contribution in [-0.2, 0) is 11.2 Å². The lowest BCUT2D eigenvalue weighted by molar-refractivity contribution is -0.118. The Bertz CT molecular complexity index is 695. The molecule has 0 saturated carbocycles. The topological polar surface area (TPSA) is 70.2 Å². The number of benzene rings is 2. The maximum atomic E-state index is 11.7. The van der Waals surface area contributed by atoms with Crippen LogP contribution >= 0.6 is 0 Å². The standard InChI is InChI=1S/C19H25N3O2/c1-14(13-22-19(24)21-11-10-20-15(2)23)12-17-8-5-7-16-6-3-4-9-18(16)17/h3-9,14H,10-13H2,1-2H3,(H,20,23)(H2,21,22,24). The third-order valence-corrected chi connectivity index (χ3v) is 3.84. The van der Waals surface area contributed by atoms with E-state index in [0.29, 0.717) is 25.6 Å². The van der Waals surface area contributed by atoms with Gasteiger partial charge < -0.3 is 16.0 Å². The van der Waals surface area contributed by atoms with Crippen LogP contribution in [0.4, 0.5) is 4.79 Å². The summed E-state index contributed by atoms with van der Waals surface area (Å²) in [7, 11) is 0. The van der Waals surface area contributed by atoms with Crippen LogP contribution in [0, 0.1) is 5.92 Å². The van der Waals surface area contributed by atoms with Crippen molar-refractivity contribution in [3.63, 3.8) is 0 Å². The Labute approximate surface area is 142 Å². The van der Waals surface area contributed by atoms with Gasteiger partial charge in [-0.1, -0.05) is 49.4 Å². The van der Waals surface area contributed by atoms with Crippen molar-refractivity contribution in [1.82, 2.24) is 16.0 Å². The molecule has 0 bridgehead atoms. The zero-order chi connectivity index (χ0) is 17.4. The maximum absolute atomic E-state index is 11.7. The molecule has 24 heavy (non-hydrogen) atoms. The number of amides is 3. The molecule has 5 nitrogen and oxygen atoms in total. The SMILES string of the molecule is CC(=O)NCCNC(=O)NCC(C)Cc1cccc2ccccc12. The lowest BCUT2D eigenvalue weighted by Crippen LogP contribution is -2.41. The summed E-state index contributed by atoms with van der Waals surface area (Å²) in [6.07, 6.45) is 0.910. The molecule has 0 heterocycles. The van der Waals surface area contributed by atoms with Crippen molar-refractivity contribution in [3.05, 3.63) is 48.0 Å². The highest BCUT2D eigenvalue weighted by Crippen LogP contribution is 2.20. The fourth-order valence-electron chi connectivity index (χ4n) is 2.66. The number of carbonyl (C=O) groups is 2. The van der Waals surface area contributed by atoms with Crippen LogP contribution in [0.2, 0.25) is 0 Å². The largest absolute Gasteiger partial charge is 0.355 e. The Morgan fingerprint density at radius 1 is 0.958 bits per heavy atom. The van der Waals surface area contributed by atoms with Gasteiger partial charge in [0.15, 0.2) is 0 Å². The minimum atomic E-state index is -0.204. The number of rotatable bonds is 7. The van der Waals surface area contributed by atoms with E-state index in [1.165, 1.54) is 23.3 Å². The second-order valence-electron chi connectivity index (χ2n) is 6.07. The van der Waals surface area contributed by atoms with E-state index >= 15 is 0 Å². The normalized spacial score (nSPS) is 11.8. The number of urea groups is 1. The first-order valence-electron chi connectivity index (χ1n) is 8.29. The molecule has 0 saturated heterocycles. The van der Waals surface area contributed by atoms with Crippen LogP contribution in [-0.4, -0.2) is 31.6 Å². The Balaban J connectivity index is 1.77. The Morgan fingerprint density at radius 2 is 1.67 bits per heavy atom. The molecule has 0 spiro atoms. The first-order chi connectivity index (χ1) is 11.6. The van der Waals surface area contributed by atoms with Crippen LogP contribution < -0.4 is 16.0 Å². The molecule has 1 unspecified atom stereocenters. The van der Waals surface area contributed by atoms with Gasteiger partial charge in [-0.3, -0.25) is 4.79 Å². The number of hydrogen-bond donors (Lipinski definition) is 3. The highest BCUT2D eigenvalue weighted by Gasteiger charge is 2.08. The zero-order valence-corrected chi connectivity index (χ0v) is 14.3. The summed E-state index contributed by atoms with van der Waals surface area (Å²) in [6, 6.07) is 14.5. The number of carbonyl (C=O) groups excluding carboxylic acids is 2. The van der Waals surface area contributed by atoms with Gasteiger partial charge in [-0.05, 0) is 28.7 Å². The van der Waals surface area contributed by atoms with Gasteiger partial charge >= 0.3 is 6.03 Å². The van der Waals surface area contributed by atoms with Gasteiger partial charge in [-0.25, -0.2) is 4.79 Å². The average Bonchev–Trinajstić information content (AvgIpc) is 2.57. The molecule has 2 rings (SSSR count). The molecule has 0 radical (unpaired) electrons. The van der Waals surface area contributed by atoms with E-state index in [1.54, 1.807) is 0 Å². The highest BCUT2D eigenvalue weighted by molar-refractivity contribution is 5.85. The summed E-state index contributed by atoms with van der Waals surface area (Å²) in [6.45, 7) is 5.04. The first-order valence-corrected chi connectivity index (χ1v) is 8.29. The van der Waals surface area contributed by atoms with E-state index in [1.807, 2.05) is 6.07 Å². The van der Waals surface area contributed by atoms with E-state index in [-0.39, 0.29) is 11.9 Å². The molecule has 0 aliphatic rings. The van der Waals surface area contributed by atoms with E-state index in [4.69, 9.17) is 0 Å². The molecular formula is C19H25N3O2. The molecule has 3 amide bonds. The van der Waals surface area contributed by atoms with Gasteiger partial charge in [0, 0.05) is 26.6 Å². The quantitative estimate of drug-likeness (QED) is 0.684. The van der Waals surface area contributed by atoms with Gasteiger partial charge in [-0.15, -0.1) is 0 Å². The fourth-order valence-corrected chi connectivity index (χ4v) is 2.66. The molecule has 0 aromatic heterocycles. The third kappa shape index (κ3) is 5.57. The Kier molecular flexibility index (Phi) is 6.61. The van der Waals surface area contributed by atoms with Crippen molar-refractivity contribution in [2.24, 2.45) is 5.92 Å². The highest BCUT2D eigenvalue weighted by atomic mass is 16.2. The monoisotopic (exact) mass is 327 g/mol.